The van der Waals surface area contributed by atoms with Gasteiger partial charge in [-0.1, -0.05) is 29.8 Å². The monoisotopic (exact) mass is 300 g/mol. The summed E-state index contributed by atoms with van der Waals surface area (Å²) in [6.45, 7) is 6.46. The molecule has 1 aromatic carbocycles. The lowest BCUT2D eigenvalue weighted by atomic mass is 9.95. The molecule has 0 spiro atoms. The minimum atomic E-state index is 0.353. The third-order valence-corrected chi connectivity index (χ3v) is 5.07. The summed E-state index contributed by atoms with van der Waals surface area (Å²) < 4.78 is 0. The number of aryl methyl sites for hydroxylation is 1. The van der Waals surface area contributed by atoms with Crippen molar-refractivity contribution in [2.45, 2.75) is 39.2 Å². The molecule has 0 unspecified atom stereocenters. The molecule has 3 rings (SSSR count). The lowest BCUT2D eigenvalue weighted by Crippen LogP contribution is -2.39. The van der Waals surface area contributed by atoms with E-state index in [0.29, 0.717) is 17.7 Å². The molecule has 0 radical (unpaired) electrons. The van der Waals surface area contributed by atoms with E-state index in [4.69, 9.17) is 0 Å². The zero-order chi connectivity index (χ0) is 15.5. The number of rotatable bonds is 5. The van der Waals surface area contributed by atoms with Crippen LogP contribution in [0.2, 0.25) is 0 Å². The first-order valence-corrected chi connectivity index (χ1v) is 8.64. The highest BCUT2D eigenvalue weighted by Crippen LogP contribution is 2.31. The summed E-state index contributed by atoms with van der Waals surface area (Å²) in [5, 5.41) is 0. The molecule has 1 saturated carbocycles. The summed E-state index contributed by atoms with van der Waals surface area (Å²) in [6.07, 6.45) is 4.65. The Labute approximate surface area is 134 Å². The van der Waals surface area contributed by atoms with Crippen LogP contribution in [0.1, 0.15) is 36.8 Å². The lowest BCUT2D eigenvalue weighted by molar-refractivity contribution is -0.132. The number of piperidine rings is 1. The number of nitrogens with zero attached hydrogens (tertiary/aromatic N) is 2. The summed E-state index contributed by atoms with van der Waals surface area (Å²) in [7, 11) is 1.99. The Kier molecular flexibility index (Phi) is 4.82. The SMILES string of the molecule is Cc1ccc(CN2CCC(CN(C)C(=O)C3CC3)CC2)cc1. The fourth-order valence-electron chi connectivity index (χ4n) is 3.40. The van der Waals surface area contributed by atoms with Crippen LogP contribution < -0.4 is 0 Å². The van der Waals surface area contributed by atoms with Gasteiger partial charge in [-0.2, -0.15) is 0 Å². The van der Waals surface area contributed by atoms with Gasteiger partial charge < -0.3 is 4.90 Å². The molecule has 1 aromatic rings. The van der Waals surface area contributed by atoms with Gasteiger partial charge in [-0.05, 0) is 57.2 Å². The number of likely N-dealkylation sites (tertiary alicyclic amines) is 1. The maximum absolute atomic E-state index is 12.0. The predicted molar refractivity (Wildman–Crippen MR) is 89.5 cm³/mol. The number of carbonyl (C=O) groups excluding carboxylic acids is 1. The van der Waals surface area contributed by atoms with E-state index in [1.54, 1.807) is 0 Å². The first-order chi connectivity index (χ1) is 10.6. The highest BCUT2D eigenvalue weighted by molar-refractivity contribution is 5.80. The number of carbonyl (C=O) groups is 1. The van der Waals surface area contributed by atoms with E-state index in [1.807, 2.05) is 11.9 Å². The van der Waals surface area contributed by atoms with Crippen LogP contribution in [0.25, 0.3) is 0 Å². The van der Waals surface area contributed by atoms with Crippen LogP contribution in [0.4, 0.5) is 0 Å². The zero-order valence-electron chi connectivity index (χ0n) is 13.9. The number of hydrogen-bond acceptors (Lipinski definition) is 2. The normalized spacial score (nSPS) is 20.1. The Morgan fingerprint density at radius 2 is 1.77 bits per heavy atom. The van der Waals surface area contributed by atoms with Gasteiger partial charge in [-0.25, -0.2) is 0 Å². The number of hydrogen-bond donors (Lipinski definition) is 0. The van der Waals surface area contributed by atoms with E-state index in [1.165, 1.54) is 24.0 Å². The smallest absolute Gasteiger partial charge is 0.225 e. The van der Waals surface area contributed by atoms with Gasteiger partial charge in [-0.3, -0.25) is 9.69 Å². The van der Waals surface area contributed by atoms with Crippen molar-refractivity contribution < 1.29 is 4.79 Å². The van der Waals surface area contributed by atoms with Crippen molar-refractivity contribution in [3.05, 3.63) is 35.4 Å². The van der Waals surface area contributed by atoms with Gasteiger partial charge in [0.2, 0.25) is 5.91 Å². The summed E-state index contributed by atoms with van der Waals surface area (Å²) in [6, 6.07) is 8.87. The Bertz CT molecular complexity index is 499. The second-order valence-corrected chi connectivity index (χ2v) is 7.20. The Morgan fingerprint density at radius 3 is 2.36 bits per heavy atom. The molecule has 1 heterocycles. The first kappa shape index (κ1) is 15.5. The topological polar surface area (TPSA) is 23.6 Å². The molecule has 1 amide bonds. The van der Waals surface area contributed by atoms with Gasteiger partial charge in [0.15, 0.2) is 0 Å². The zero-order valence-corrected chi connectivity index (χ0v) is 13.9. The van der Waals surface area contributed by atoms with Gasteiger partial charge in [0.05, 0.1) is 0 Å². The molecule has 2 aliphatic rings. The van der Waals surface area contributed by atoms with Crippen LogP contribution in [0, 0.1) is 18.8 Å². The van der Waals surface area contributed by atoms with E-state index < -0.39 is 0 Å². The molecule has 3 heteroatoms. The van der Waals surface area contributed by atoms with Crippen molar-refractivity contribution >= 4 is 5.91 Å². The minimum Gasteiger partial charge on any atom is -0.345 e. The van der Waals surface area contributed by atoms with Crippen molar-refractivity contribution in [3.8, 4) is 0 Å². The van der Waals surface area contributed by atoms with Crippen LogP contribution in [0.5, 0.6) is 0 Å². The second-order valence-electron chi connectivity index (χ2n) is 7.20. The largest absolute Gasteiger partial charge is 0.345 e. The van der Waals surface area contributed by atoms with Crippen LogP contribution in [-0.4, -0.2) is 42.4 Å². The first-order valence-electron chi connectivity index (χ1n) is 8.64. The molecule has 0 atom stereocenters. The van der Waals surface area contributed by atoms with E-state index in [2.05, 4.69) is 36.1 Å². The lowest BCUT2D eigenvalue weighted by Gasteiger charge is -2.34. The molecular weight excluding hydrogens is 272 g/mol. The van der Waals surface area contributed by atoms with Crippen LogP contribution >= 0.6 is 0 Å². The average molecular weight is 300 g/mol. The molecule has 120 valence electrons. The van der Waals surface area contributed by atoms with Gasteiger partial charge in [0.25, 0.3) is 0 Å². The molecule has 3 nitrogen and oxygen atoms in total. The Balaban J connectivity index is 1.42. The van der Waals surface area contributed by atoms with Gasteiger partial charge in [-0.15, -0.1) is 0 Å². The van der Waals surface area contributed by atoms with Crippen molar-refractivity contribution in [1.82, 2.24) is 9.80 Å². The van der Waals surface area contributed by atoms with E-state index in [-0.39, 0.29) is 0 Å². The highest BCUT2D eigenvalue weighted by atomic mass is 16.2. The molecule has 0 bridgehead atoms. The quantitative estimate of drug-likeness (QED) is 0.834. The van der Waals surface area contributed by atoms with Crippen molar-refractivity contribution in [2.75, 3.05) is 26.7 Å². The molecule has 1 aliphatic heterocycles. The molecule has 1 saturated heterocycles. The number of benzene rings is 1. The second kappa shape index (κ2) is 6.82. The third-order valence-electron chi connectivity index (χ3n) is 5.07. The molecule has 0 N–H and O–H groups in total. The van der Waals surface area contributed by atoms with Gasteiger partial charge >= 0.3 is 0 Å². The minimum absolute atomic E-state index is 0.353. The maximum atomic E-state index is 12.0. The van der Waals surface area contributed by atoms with Crippen molar-refractivity contribution in [3.63, 3.8) is 0 Å². The van der Waals surface area contributed by atoms with Crippen molar-refractivity contribution in [2.24, 2.45) is 11.8 Å². The molecule has 22 heavy (non-hydrogen) atoms. The van der Waals surface area contributed by atoms with E-state index in [0.717, 1.165) is 39.0 Å². The fraction of sp³-hybridized carbons (Fsp3) is 0.632. The molecule has 0 aromatic heterocycles. The number of amides is 1. The Hall–Kier alpha value is -1.35. The highest BCUT2D eigenvalue weighted by Gasteiger charge is 2.33. The van der Waals surface area contributed by atoms with Crippen LogP contribution in [0.15, 0.2) is 24.3 Å². The van der Waals surface area contributed by atoms with Gasteiger partial charge in [0.1, 0.15) is 0 Å². The molecule has 2 fully saturated rings. The fourth-order valence-corrected chi connectivity index (χ4v) is 3.40. The van der Waals surface area contributed by atoms with Crippen molar-refractivity contribution in [1.29, 1.82) is 0 Å². The van der Waals surface area contributed by atoms with Gasteiger partial charge in [0, 0.05) is 26.1 Å². The summed E-state index contributed by atoms with van der Waals surface area (Å²) >= 11 is 0. The molecular formula is C19H28N2O. The maximum Gasteiger partial charge on any atom is 0.225 e. The van der Waals surface area contributed by atoms with E-state index >= 15 is 0 Å². The van der Waals surface area contributed by atoms with E-state index in [9.17, 15) is 4.79 Å². The standard InChI is InChI=1S/C19H28N2O/c1-15-3-5-16(6-4-15)14-21-11-9-17(10-12-21)13-20(2)19(22)18-7-8-18/h3-6,17-18H,7-14H2,1-2H3. The predicted octanol–water partition coefficient (Wildman–Crippen LogP) is 3.08. The summed E-state index contributed by atoms with van der Waals surface area (Å²) in [4.78, 5) is 16.6. The Morgan fingerprint density at radius 1 is 1.14 bits per heavy atom. The van der Waals surface area contributed by atoms with Crippen LogP contribution in [0.3, 0.4) is 0 Å². The third kappa shape index (κ3) is 4.10. The average Bonchev–Trinajstić information content (AvgIpc) is 3.35. The summed E-state index contributed by atoms with van der Waals surface area (Å²) in [5.41, 5.74) is 2.73. The van der Waals surface area contributed by atoms with Crippen LogP contribution in [-0.2, 0) is 11.3 Å². The summed E-state index contributed by atoms with van der Waals surface area (Å²) in [5.74, 6) is 1.41. The molecule has 1 aliphatic carbocycles.